The molecule has 2 rings (SSSR count). The molecule has 1 aliphatic carbocycles. The summed E-state index contributed by atoms with van der Waals surface area (Å²) in [5.41, 5.74) is 1.05. The molecule has 0 amide bonds. The van der Waals surface area contributed by atoms with Crippen molar-refractivity contribution in [1.29, 1.82) is 0 Å². The Balaban J connectivity index is 1.95. The van der Waals surface area contributed by atoms with E-state index in [-0.39, 0.29) is 12.4 Å². The molecule has 0 aliphatic heterocycles. The number of rotatable bonds is 4. The quantitative estimate of drug-likeness (QED) is 0.801. The smallest absolute Gasteiger partial charge is 0.115 e. The highest BCUT2D eigenvalue weighted by Gasteiger charge is 2.23. The van der Waals surface area contributed by atoms with Crippen LogP contribution in [0.3, 0.4) is 0 Å². The lowest BCUT2D eigenvalue weighted by molar-refractivity contribution is 0.152. The van der Waals surface area contributed by atoms with Gasteiger partial charge in [0.05, 0.1) is 0 Å². The van der Waals surface area contributed by atoms with Crippen molar-refractivity contribution in [3.8, 4) is 5.75 Å². The summed E-state index contributed by atoms with van der Waals surface area (Å²) in [6.45, 7) is 0.981. The summed E-state index contributed by atoms with van der Waals surface area (Å²) >= 11 is 3.49. The molecule has 1 aliphatic rings. The maximum Gasteiger partial charge on any atom is 0.115 e. The topological polar surface area (TPSA) is 52.5 Å². The predicted molar refractivity (Wildman–Crippen MR) is 75.5 cm³/mol. The summed E-state index contributed by atoms with van der Waals surface area (Å²) < 4.78 is 1.00. The first-order valence-corrected chi connectivity index (χ1v) is 7.31. The van der Waals surface area contributed by atoms with E-state index in [0.717, 1.165) is 29.4 Å². The molecule has 3 nitrogen and oxygen atoms in total. The van der Waals surface area contributed by atoms with Gasteiger partial charge in [-0.05, 0) is 42.5 Å². The van der Waals surface area contributed by atoms with E-state index in [1.807, 2.05) is 6.07 Å². The van der Waals surface area contributed by atoms with E-state index in [1.165, 1.54) is 12.8 Å². The molecule has 1 saturated carbocycles. The Morgan fingerprint density at radius 2 is 2.06 bits per heavy atom. The summed E-state index contributed by atoms with van der Waals surface area (Å²) in [7, 11) is 0. The van der Waals surface area contributed by atoms with Gasteiger partial charge < -0.3 is 15.5 Å². The van der Waals surface area contributed by atoms with Gasteiger partial charge in [0.1, 0.15) is 5.75 Å². The third-order valence-corrected chi connectivity index (χ3v) is 4.50. The van der Waals surface area contributed by atoms with Crippen molar-refractivity contribution in [3.05, 3.63) is 28.2 Å². The van der Waals surface area contributed by atoms with Gasteiger partial charge in [-0.25, -0.2) is 0 Å². The van der Waals surface area contributed by atoms with Gasteiger partial charge >= 0.3 is 0 Å². The van der Waals surface area contributed by atoms with Gasteiger partial charge in [-0.3, -0.25) is 0 Å². The van der Waals surface area contributed by atoms with Gasteiger partial charge in [-0.15, -0.1) is 0 Å². The van der Waals surface area contributed by atoms with Crippen LogP contribution in [0.2, 0.25) is 0 Å². The number of phenols is 1. The number of aliphatic hydroxyl groups excluding tert-OH is 1. The number of benzene rings is 1. The fourth-order valence-electron chi connectivity index (χ4n) is 2.63. The van der Waals surface area contributed by atoms with Crippen molar-refractivity contribution < 1.29 is 10.2 Å². The van der Waals surface area contributed by atoms with Gasteiger partial charge in [0.15, 0.2) is 0 Å². The van der Waals surface area contributed by atoms with Gasteiger partial charge in [-0.2, -0.15) is 0 Å². The molecule has 1 fully saturated rings. The van der Waals surface area contributed by atoms with Crippen LogP contribution in [0.25, 0.3) is 0 Å². The number of aromatic hydroxyl groups is 1. The fraction of sp³-hybridized carbons (Fsp3) is 0.571. The van der Waals surface area contributed by atoms with Gasteiger partial charge in [0.2, 0.25) is 0 Å². The zero-order valence-corrected chi connectivity index (χ0v) is 12.0. The van der Waals surface area contributed by atoms with Gasteiger partial charge in [0.25, 0.3) is 0 Å². The maximum absolute atomic E-state index is 9.48. The van der Waals surface area contributed by atoms with E-state index in [9.17, 15) is 10.2 Å². The number of hydrogen-bond donors (Lipinski definition) is 3. The molecule has 100 valence electrons. The Morgan fingerprint density at radius 1 is 1.28 bits per heavy atom. The molecule has 0 bridgehead atoms. The summed E-state index contributed by atoms with van der Waals surface area (Å²) in [6, 6.07) is 5.69. The Kier molecular flexibility index (Phi) is 5.03. The molecule has 18 heavy (non-hydrogen) atoms. The minimum absolute atomic E-state index is 0.263. The van der Waals surface area contributed by atoms with Crippen LogP contribution in [0.4, 0.5) is 0 Å². The van der Waals surface area contributed by atoms with Crippen LogP contribution in [0.5, 0.6) is 5.75 Å². The Labute approximate surface area is 116 Å². The van der Waals surface area contributed by atoms with Crippen molar-refractivity contribution in [2.75, 3.05) is 6.61 Å². The van der Waals surface area contributed by atoms with Crippen molar-refractivity contribution in [2.45, 2.75) is 38.3 Å². The van der Waals surface area contributed by atoms with Crippen LogP contribution < -0.4 is 5.32 Å². The van der Waals surface area contributed by atoms with Crippen LogP contribution in [0.15, 0.2) is 22.7 Å². The molecule has 3 N–H and O–H groups in total. The van der Waals surface area contributed by atoms with E-state index < -0.39 is 0 Å². The summed E-state index contributed by atoms with van der Waals surface area (Å²) in [5.74, 6) is 0.659. The van der Waals surface area contributed by atoms with Crippen LogP contribution in [-0.4, -0.2) is 22.9 Å². The monoisotopic (exact) mass is 313 g/mol. The van der Waals surface area contributed by atoms with Crippen LogP contribution >= 0.6 is 15.9 Å². The van der Waals surface area contributed by atoms with Crippen molar-refractivity contribution in [3.63, 3.8) is 0 Å². The second-order valence-electron chi connectivity index (χ2n) is 4.99. The number of aliphatic hydroxyl groups is 1. The standard InChI is InChI=1S/C14H20BrNO2/c15-13-6-5-12(18)7-11(13)8-16-14-4-2-1-3-10(14)9-17/h5-7,10,14,16-18H,1-4,8-9H2. The number of nitrogens with one attached hydrogen (secondary N) is 1. The predicted octanol–water partition coefficient (Wildman–Crippen LogP) is 2.80. The highest BCUT2D eigenvalue weighted by atomic mass is 79.9. The highest BCUT2D eigenvalue weighted by molar-refractivity contribution is 9.10. The number of halogens is 1. The first-order valence-electron chi connectivity index (χ1n) is 6.52. The van der Waals surface area contributed by atoms with Crippen molar-refractivity contribution >= 4 is 15.9 Å². The normalized spacial score (nSPS) is 24.1. The molecule has 0 spiro atoms. The lowest BCUT2D eigenvalue weighted by Gasteiger charge is -2.31. The third-order valence-electron chi connectivity index (χ3n) is 3.73. The van der Waals surface area contributed by atoms with E-state index >= 15 is 0 Å². The van der Waals surface area contributed by atoms with Gasteiger partial charge in [0, 0.05) is 23.7 Å². The molecular formula is C14H20BrNO2. The number of hydrogen-bond acceptors (Lipinski definition) is 3. The Morgan fingerprint density at radius 3 is 2.83 bits per heavy atom. The van der Waals surface area contributed by atoms with Crippen molar-refractivity contribution in [2.24, 2.45) is 5.92 Å². The fourth-order valence-corrected chi connectivity index (χ4v) is 3.02. The Hall–Kier alpha value is -0.580. The Bertz CT molecular complexity index is 397. The van der Waals surface area contributed by atoms with E-state index in [2.05, 4.69) is 21.2 Å². The molecule has 2 atom stereocenters. The number of phenolic OH excluding ortho intramolecular Hbond substituents is 1. The second-order valence-corrected chi connectivity index (χ2v) is 5.84. The molecular weight excluding hydrogens is 294 g/mol. The zero-order chi connectivity index (χ0) is 13.0. The zero-order valence-electron chi connectivity index (χ0n) is 10.4. The summed E-state index contributed by atoms with van der Waals surface area (Å²) in [4.78, 5) is 0. The molecule has 1 aromatic rings. The SMILES string of the molecule is OCC1CCCCC1NCc1cc(O)ccc1Br. The minimum Gasteiger partial charge on any atom is -0.508 e. The van der Waals surface area contributed by atoms with Crippen LogP contribution in [0.1, 0.15) is 31.2 Å². The molecule has 0 aromatic heterocycles. The lowest BCUT2D eigenvalue weighted by atomic mass is 9.85. The first-order chi connectivity index (χ1) is 8.70. The molecule has 1 aromatic carbocycles. The molecule has 0 heterocycles. The lowest BCUT2D eigenvalue weighted by Crippen LogP contribution is -2.39. The van der Waals surface area contributed by atoms with E-state index in [1.54, 1.807) is 12.1 Å². The molecule has 0 radical (unpaired) electrons. The van der Waals surface area contributed by atoms with Crippen LogP contribution in [0, 0.1) is 5.92 Å². The minimum atomic E-state index is 0.263. The average Bonchev–Trinajstić information content (AvgIpc) is 2.40. The summed E-state index contributed by atoms with van der Waals surface area (Å²) in [6.07, 6.45) is 4.69. The van der Waals surface area contributed by atoms with Crippen molar-refractivity contribution in [1.82, 2.24) is 5.32 Å². The molecule has 2 unspecified atom stereocenters. The molecule has 4 heteroatoms. The van der Waals surface area contributed by atoms with Crippen LogP contribution in [-0.2, 0) is 6.54 Å². The second kappa shape index (κ2) is 6.55. The van der Waals surface area contributed by atoms with E-state index in [0.29, 0.717) is 12.0 Å². The molecule has 0 saturated heterocycles. The maximum atomic E-state index is 9.48. The first kappa shape index (κ1) is 13.8. The average molecular weight is 314 g/mol. The van der Waals surface area contributed by atoms with E-state index in [4.69, 9.17) is 0 Å². The summed E-state index contributed by atoms with van der Waals surface area (Å²) in [5, 5.41) is 22.4. The van der Waals surface area contributed by atoms with Gasteiger partial charge in [-0.1, -0.05) is 28.8 Å². The highest BCUT2D eigenvalue weighted by Crippen LogP contribution is 2.26. The third kappa shape index (κ3) is 3.46. The largest absolute Gasteiger partial charge is 0.508 e.